The molecule has 1 atom stereocenters. The van der Waals surface area contributed by atoms with E-state index in [-0.39, 0.29) is 27.6 Å². The zero-order valence-corrected chi connectivity index (χ0v) is 12.1. The number of carbonyl (C=O) groups is 1. The molecule has 0 aliphatic carbocycles. The van der Waals surface area contributed by atoms with E-state index >= 15 is 0 Å². The van der Waals surface area contributed by atoms with Crippen LogP contribution in [0.3, 0.4) is 0 Å². The Bertz CT molecular complexity index is 496. The Kier molecular flexibility index (Phi) is 4.66. The number of amides is 1. The quantitative estimate of drug-likeness (QED) is 0.871. The van der Waals surface area contributed by atoms with E-state index in [1.165, 1.54) is 6.07 Å². The number of likely N-dealkylation sites (N-methyl/N-ethyl adjacent to an activating group) is 1. The fourth-order valence-corrected chi connectivity index (χ4v) is 2.86. The Balaban J connectivity index is 2.26. The van der Waals surface area contributed by atoms with E-state index in [4.69, 9.17) is 23.2 Å². The second-order valence-corrected chi connectivity index (χ2v) is 5.41. The zero-order valence-electron chi connectivity index (χ0n) is 10.5. The number of hydrogen-bond donors (Lipinski definition) is 1. The standard InChI is InChI=1S/C13H15Cl2FN2O/c1-17-7-8-3-2-4-18(8)13(19)9-5-12(16)11(15)6-10(9)14/h5-6,8,17H,2-4,7H2,1H3/t8-/m0/s1. The van der Waals surface area contributed by atoms with Gasteiger partial charge in [0.15, 0.2) is 0 Å². The summed E-state index contributed by atoms with van der Waals surface area (Å²) in [6.45, 7) is 1.39. The molecule has 0 radical (unpaired) electrons. The van der Waals surface area contributed by atoms with E-state index < -0.39 is 5.82 Å². The fourth-order valence-electron chi connectivity index (χ4n) is 2.39. The summed E-state index contributed by atoms with van der Waals surface area (Å²) in [6, 6.07) is 2.52. The predicted octanol–water partition coefficient (Wildman–Crippen LogP) is 2.96. The highest BCUT2D eigenvalue weighted by atomic mass is 35.5. The Hall–Kier alpha value is -0.840. The Morgan fingerprint density at radius 1 is 1.47 bits per heavy atom. The Morgan fingerprint density at radius 2 is 2.21 bits per heavy atom. The van der Waals surface area contributed by atoms with Gasteiger partial charge in [0.2, 0.25) is 0 Å². The van der Waals surface area contributed by atoms with Gasteiger partial charge in [0.05, 0.1) is 15.6 Å². The summed E-state index contributed by atoms with van der Waals surface area (Å²) >= 11 is 11.6. The molecule has 1 fully saturated rings. The van der Waals surface area contributed by atoms with Crippen LogP contribution in [0.4, 0.5) is 4.39 Å². The molecule has 1 N–H and O–H groups in total. The van der Waals surface area contributed by atoms with Gasteiger partial charge in [0.1, 0.15) is 5.82 Å². The first-order valence-corrected chi connectivity index (χ1v) is 6.90. The first-order valence-electron chi connectivity index (χ1n) is 6.14. The number of rotatable bonds is 3. The second kappa shape index (κ2) is 6.07. The molecule has 1 aliphatic rings. The van der Waals surface area contributed by atoms with Crippen molar-refractivity contribution < 1.29 is 9.18 Å². The van der Waals surface area contributed by atoms with Crippen LogP contribution >= 0.6 is 23.2 Å². The lowest BCUT2D eigenvalue weighted by molar-refractivity contribution is 0.0736. The van der Waals surface area contributed by atoms with E-state index in [0.29, 0.717) is 6.54 Å². The lowest BCUT2D eigenvalue weighted by Gasteiger charge is -2.25. The topological polar surface area (TPSA) is 32.3 Å². The maximum Gasteiger partial charge on any atom is 0.255 e. The minimum absolute atomic E-state index is 0.0743. The van der Waals surface area contributed by atoms with Crippen LogP contribution in [0.5, 0.6) is 0 Å². The Morgan fingerprint density at radius 3 is 2.89 bits per heavy atom. The third-order valence-electron chi connectivity index (χ3n) is 3.32. The first-order chi connectivity index (χ1) is 9.04. The fraction of sp³-hybridized carbons (Fsp3) is 0.462. The maximum absolute atomic E-state index is 13.5. The summed E-state index contributed by atoms with van der Waals surface area (Å²) in [5.74, 6) is -0.864. The van der Waals surface area contributed by atoms with Crippen LogP contribution in [0, 0.1) is 5.82 Å². The molecule has 3 nitrogen and oxygen atoms in total. The number of likely N-dealkylation sites (tertiary alicyclic amines) is 1. The SMILES string of the molecule is CNC[C@@H]1CCCN1C(=O)c1cc(F)c(Cl)cc1Cl. The van der Waals surface area contributed by atoms with Crippen molar-refractivity contribution in [1.29, 1.82) is 0 Å². The van der Waals surface area contributed by atoms with E-state index in [1.807, 2.05) is 7.05 Å². The summed E-state index contributed by atoms with van der Waals surface area (Å²) in [6.07, 6.45) is 1.89. The van der Waals surface area contributed by atoms with Crippen LogP contribution in [0.1, 0.15) is 23.2 Å². The molecular weight excluding hydrogens is 290 g/mol. The van der Waals surface area contributed by atoms with Crippen molar-refractivity contribution in [3.05, 3.63) is 33.6 Å². The number of benzene rings is 1. The molecule has 2 rings (SSSR count). The van der Waals surface area contributed by atoms with Gasteiger partial charge in [-0.15, -0.1) is 0 Å². The van der Waals surface area contributed by atoms with Crippen molar-refractivity contribution in [3.8, 4) is 0 Å². The highest BCUT2D eigenvalue weighted by Gasteiger charge is 2.30. The lowest BCUT2D eigenvalue weighted by Crippen LogP contribution is -2.41. The van der Waals surface area contributed by atoms with Gasteiger partial charge in [0.25, 0.3) is 5.91 Å². The second-order valence-electron chi connectivity index (χ2n) is 4.60. The highest BCUT2D eigenvalue weighted by Crippen LogP contribution is 2.27. The van der Waals surface area contributed by atoms with Gasteiger partial charge in [-0.05, 0) is 32.0 Å². The molecule has 6 heteroatoms. The van der Waals surface area contributed by atoms with Crippen molar-refractivity contribution in [1.82, 2.24) is 10.2 Å². The maximum atomic E-state index is 13.5. The summed E-state index contributed by atoms with van der Waals surface area (Å²) in [4.78, 5) is 14.2. The minimum atomic E-state index is -0.626. The van der Waals surface area contributed by atoms with Gasteiger partial charge in [-0.3, -0.25) is 4.79 Å². The molecule has 0 unspecified atom stereocenters. The average Bonchev–Trinajstić information content (AvgIpc) is 2.82. The number of nitrogens with one attached hydrogen (secondary N) is 1. The van der Waals surface area contributed by atoms with Crippen LogP contribution < -0.4 is 5.32 Å². The van der Waals surface area contributed by atoms with Crippen LogP contribution in [-0.4, -0.2) is 37.0 Å². The number of nitrogens with zero attached hydrogens (tertiary/aromatic N) is 1. The molecule has 1 amide bonds. The molecule has 0 bridgehead atoms. The zero-order chi connectivity index (χ0) is 14.0. The third-order valence-corrected chi connectivity index (χ3v) is 3.92. The molecule has 1 heterocycles. The van der Waals surface area contributed by atoms with E-state index in [0.717, 1.165) is 25.5 Å². The lowest BCUT2D eigenvalue weighted by atomic mass is 10.1. The van der Waals surface area contributed by atoms with Crippen LogP contribution in [0.25, 0.3) is 0 Å². The largest absolute Gasteiger partial charge is 0.334 e. The van der Waals surface area contributed by atoms with Crippen LogP contribution in [0.15, 0.2) is 12.1 Å². The highest BCUT2D eigenvalue weighted by molar-refractivity contribution is 6.36. The van der Waals surface area contributed by atoms with E-state index in [1.54, 1.807) is 4.90 Å². The molecule has 1 saturated heterocycles. The summed E-state index contributed by atoms with van der Waals surface area (Å²) in [7, 11) is 1.84. The molecule has 1 aliphatic heterocycles. The molecule has 1 aromatic rings. The van der Waals surface area contributed by atoms with Crippen LogP contribution in [0.2, 0.25) is 10.0 Å². The van der Waals surface area contributed by atoms with Gasteiger partial charge >= 0.3 is 0 Å². The normalized spacial score (nSPS) is 18.9. The molecular formula is C13H15Cl2FN2O. The summed E-state index contributed by atoms with van der Waals surface area (Å²) < 4.78 is 13.5. The summed E-state index contributed by atoms with van der Waals surface area (Å²) in [5.41, 5.74) is 0.173. The minimum Gasteiger partial charge on any atom is -0.334 e. The van der Waals surface area contributed by atoms with Gasteiger partial charge in [-0.2, -0.15) is 0 Å². The molecule has 1 aromatic carbocycles. The van der Waals surface area contributed by atoms with Crippen molar-refractivity contribution in [2.24, 2.45) is 0 Å². The number of carbonyl (C=O) groups excluding carboxylic acids is 1. The predicted molar refractivity (Wildman–Crippen MR) is 74.4 cm³/mol. The molecule has 0 saturated carbocycles. The van der Waals surface area contributed by atoms with E-state index in [9.17, 15) is 9.18 Å². The molecule has 0 spiro atoms. The van der Waals surface area contributed by atoms with Gasteiger partial charge in [-0.25, -0.2) is 4.39 Å². The third kappa shape index (κ3) is 3.02. The van der Waals surface area contributed by atoms with Crippen molar-refractivity contribution in [2.75, 3.05) is 20.1 Å². The Labute approximate surface area is 121 Å². The average molecular weight is 305 g/mol. The number of hydrogen-bond acceptors (Lipinski definition) is 2. The van der Waals surface area contributed by atoms with Crippen LogP contribution in [-0.2, 0) is 0 Å². The molecule has 0 aromatic heterocycles. The monoisotopic (exact) mass is 304 g/mol. The van der Waals surface area contributed by atoms with Gasteiger partial charge < -0.3 is 10.2 Å². The molecule has 104 valence electrons. The van der Waals surface area contributed by atoms with Crippen molar-refractivity contribution >= 4 is 29.1 Å². The molecule has 19 heavy (non-hydrogen) atoms. The van der Waals surface area contributed by atoms with Gasteiger partial charge in [-0.1, -0.05) is 23.2 Å². The van der Waals surface area contributed by atoms with Gasteiger partial charge in [0, 0.05) is 19.1 Å². The first kappa shape index (κ1) is 14.6. The van der Waals surface area contributed by atoms with Crippen molar-refractivity contribution in [3.63, 3.8) is 0 Å². The van der Waals surface area contributed by atoms with Crippen molar-refractivity contribution in [2.45, 2.75) is 18.9 Å². The van der Waals surface area contributed by atoms with E-state index in [2.05, 4.69) is 5.32 Å². The number of halogens is 3. The summed E-state index contributed by atoms with van der Waals surface area (Å²) in [5, 5.41) is 3.17. The smallest absolute Gasteiger partial charge is 0.255 e.